The Kier molecular flexibility index (Phi) is 5.74. The van der Waals surface area contributed by atoms with Crippen LogP contribution < -0.4 is 10.1 Å². The monoisotopic (exact) mass is 391 g/mol. The van der Waals surface area contributed by atoms with Crippen molar-refractivity contribution in [2.24, 2.45) is 0 Å². The molecule has 1 heterocycles. The zero-order chi connectivity index (χ0) is 18.7. The molecule has 0 aliphatic carbocycles. The van der Waals surface area contributed by atoms with Crippen molar-refractivity contribution in [1.82, 2.24) is 0 Å². The zero-order valence-corrected chi connectivity index (χ0v) is 15.9. The van der Waals surface area contributed by atoms with E-state index in [0.29, 0.717) is 16.5 Å². The SMILES string of the molecule is COc1ccc(C)cc1COC(=O)CC1Sc2ccc(Cl)cc2NC1=O. The minimum atomic E-state index is -0.532. The summed E-state index contributed by atoms with van der Waals surface area (Å²) in [7, 11) is 1.57. The Hall–Kier alpha value is -2.18. The molecule has 2 aromatic carbocycles. The van der Waals surface area contributed by atoms with Crippen LogP contribution in [0.2, 0.25) is 5.02 Å². The number of carbonyl (C=O) groups excluding carboxylic acids is 2. The molecule has 1 aliphatic rings. The summed E-state index contributed by atoms with van der Waals surface area (Å²) in [6.07, 6.45) is -0.00724. The third kappa shape index (κ3) is 4.31. The van der Waals surface area contributed by atoms with Gasteiger partial charge in [0.1, 0.15) is 12.4 Å². The van der Waals surface area contributed by atoms with E-state index in [0.717, 1.165) is 16.0 Å². The van der Waals surface area contributed by atoms with Gasteiger partial charge in [0.05, 0.1) is 24.5 Å². The fourth-order valence-corrected chi connectivity index (χ4v) is 3.89. The molecule has 0 aromatic heterocycles. The van der Waals surface area contributed by atoms with Crippen molar-refractivity contribution in [3.63, 3.8) is 0 Å². The van der Waals surface area contributed by atoms with E-state index in [1.54, 1.807) is 19.2 Å². The Labute approximate surface area is 161 Å². The number of hydrogen-bond acceptors (Lipinski definition) is 5. The number of halogens is 1. The highest BCUT2D eigenvalue weighted by atomic mass is 35.5. The molecular formula is C19H18ClNO4S. The summed E-state index contributed by atoms with van der Waals surface area (Å²) < 4.78 is 10.6. The molecule has 2 aromatic rings. The number of amides is 1. The maximum Gasteiger partial charge on any atom is 0.307 e. The minimum Gasteiger partial charge on any atom is -0.496 e. The van der Waals surface area contributed by atoms with Crippen LogP contribution in [0.25, 0.3) is 0 Å². The summed E-state index contributed by atoms with van der Waals surface area (Å²) in [6, 6.07) is 11.0. The van der Waals surface area contributed by atoms with Crippen molar-refractivity contribution < 1.29 is 19.1 Å². The molecule has 26 heavy (non-hydrogen) atoms. The third-order valence-electron chi connectivity index (χ3n) is 3.94. The maximum absolute atomic E-state index is 12.2. The third-order valence-corrected chi connectivity index (χ3v) is 5.45. The van der Waals surface area contributed by atoms with E-state index in [4.69, 9.17) is 21.1 Å². The molecule has 1 aliphatic heterocycles. The minimum absolute atomic E-state index is 0.00724. The Morgan fingerprint density at radius 2 is 2.08 bits per heavy atom. The molecule has 0 saturated heterocycles. The molecular weight excluding hydrogens is 374 g/mol. The molecule has 1 N–H and O–H groups in total. The highest BCUT2D eigenvalue weighted by molar-refractivity contribution is 8.01. The number of nitrogens with one attached hydrogen (secondary N) is 1. The number of fused-ring (bicyclic) bond motifs is 1. The van der Waals surface area contributed by atoms with Gasteiger partial charge < -0.3 is 14.8 Å². The van der Waals surface area contributed by atoms with E-state index in [9.17, 15) is 9.59 Å². The first-order valence-corrected chi connectivity index (χ1v) is 9.28. The van der Waals surface area contributed by atoms with Crippen LogP contribution in [0.1, 0.15) is 17.5 Å². The molecule has 0 fully saturated rings. The first-order chi connectivity index (χ1) is 12.5. The van der Waals surface area contributed by atoms with Crippen LogP contribution in [0.15, 0.2) is 41.3 Å². The maximum atomic E-state index is 12.2. The lowest BCUT2D eigenvalue weighted by Crippen LogP contribution is -2.31. The fraction of sp³-hybridized carbons (Fsp3) is 0.263. The van der Waals surface area contributed by atoms with Gasteiger partial charge in [-0.05, 0) is 37.3 Å². The average molecular weight is 392 g/mol. The average Bonchev–Trinajstić information content (AvgIpc) is 2.61. The molecule has 1 unspecified atom stereocenters. The number of ether oxygens (including phenoxy) is 2. The van der Waals surface area contributed by atoms with Gasteiger partial charge in [0, 0.05) is 15.5 Å². The number of carbonyl (C=O) groups is 2. The van der Waals surface area contributed by atoms with Gasteiger partial charge >= 0.3 is 5.97 Å². The molecule has 0 bridgehead atoms. The standard InChI is InChI=1S/C19H18ClNO4S/c1-11-3-5-15(24-2)12(7-11)10-25-18(22)9-17-19(23)21-14-8-13(20)4-6-16(14)26-17/h3-8,17H,9-10H2,1-2H3,(H,21,23). The van der Waals surface area contributed by atoms with Crippen LogP contribution in [0.4, 0.5) is 5.69 Å². The second-order valence-electron chi connectivity index (χ2n) is 5.92. The molecule has 5 nitrogen and oxygen atoms in total. The first-order valence-electron chi connectivity index (χ1n) is 8.02. The van der Waals surface area contributed by atoms with Crippen LogP contribution in [0.3, 0.4) is 0 Å². The predicted molar refractivity (Wildman–Crippen MR) is 102 cm³/mol. The van der Waals surface area contributed by atoms with E-state index in [1.807, 2.05) is 31.2 Å². The number of methoxy groups -OCH3 is 1. The quantitative estimate of drug-likeness (QED) is 0.773. The summed E-state index contributed by atoms with van der Waals surface area (Å²) >= 11 is 7.27. The fourth-order valence-electron chi connectivity index (χ4n) is 2.65. The molecule has 3 rings (SSSR count). The van der Waals surface area contributed by atoms with Crippen LogP contribution in [0, 0.1) is 6.92 Å². The molecule has 1 amide bonds. The zero-order valence-electron chi connectivity index (χ0n) is 14.4. The van der Waals surface area contributed by atoms with Gasteiger partial charge in [-0.25, -0.2) is 0 Å². The van der Waals surface area contributed by atoms with Gasteiger partial charge in [-0.1, -0.05) is 23.2 Å². The molecule has 1 atom stereocenters. The van der Waals surface area contributed by atoms with E-state index in [-0.39, 0.29) is 18.9 Å². The summed E-state index contributed by atoms with van der Waals surface area (Å²) in [6.45, 7) is 2.06. The van der Waals surface area contributed by atoms with Crippen LogP contribution in [0.5, 0.6) is 5.75 Å². The molecule has 136 valence electrons. The van der Waals surface area contributed by atoms with Gasteiger partial charge in [0.15, 0.2) is 0 Å². The topological polar surface area (TPSA) is 64.6 Å². The van der Waals surface area contributed by atoms with E-state index < -0.39 is 11.2 Å². The van der Waals surface area contributed by atoms with Crippen LogP contribution in [-0.2, 0) is 20.9 Å². The second-order valence-corrected chi connectivity index (χ2v) is 7.60. The first kappa shape index (κ1) is 18.6. The van der Waals surface area contributed by atoms with Crippen molar-refractivity contribution in [1.29, 1.82) is 0 Å². The van der Waals surface area contributed by atoms with Crippen molar-refractivity contribution in [2.75, 3.05) is 12.4 Å². The molecule has 0 saturated carbocycles. The molecule has 0 radical (unpaired) electrons. The largest absolute Gasteiger partial charge is 0.496 e. The number of aryl methyl sites for hydroxylation is 1. The van der Waals surface area contributed by atoms with E-state index in [2.05, 4.69) is 5.32 Å². The predicted octanol–water partition coefficient (Wildman–Crippen LogP) is 4.20. The Morgan fingerprint density at radius 3 is 2.85 bits per heavy atom. The summed E-state index contributed by atoms with van der Waals surface area (Å²) in [4.78, 5) is 25.3. The number of benzene rings is 2. The van der Waals surface area contributed by atoms with Crippen LogP contribution >= 0.6 is 23.4 Å². The van der Waals surface area contributed by atoms with Gasteiger partial charge in [-0.2, -0.15) is 0 Å². The summed E-state index contributed by atoms with van der Waals surface area (Å²) in [5.74, 6) is 0.00691. The Bertz CT molecular complexity index is 855. The Morgan fingerprint density at radius 1 is 1.27 bits per heavy atom. The number of rotatable bonds is 5. The highest BCUT2D eigenvalue weighted by Crippen LogP contribution is 2.38. The molecule has 0 spiro atoms. The Balaban J connectivity index is 1.61. The van der Waals surface area contributed by atoms with Gasteiger partial charge in [-0.3, -0.25) is 9.59 Å². The number of anilines is 1. The number of hydrogen-bond donors (Lipinski definition) is 1. The second kappa shape index (κ2) is 8.01. The van der Waals surface area contributed by atoms with Crippen LogP contribution in [-0.4, -0.2) is 24.2 Å². The lowest BCUT2D eigenvalue weighted by Gasteiger charge is -2.23. The molecule has 7 heteroatoms. The normalized spacial score (nSPS) is 15.8. The number of esters is 1. The lowest BCUT2D eigenvalue weighted by molar-refractivity contribution is -0.145. The smallest absolute Gasteiger partial charge is 0.307 e. The van der Waals surface area contributed by atoms with E-state index in [1.165, 1.54) is 11.8 Å². The van der Waals surface area contributed by atoms with E-state index >= 15 is 0 Å². The van der Waals surface area contributed by atoms with Crippen molar-refractivity contribution in [3.8, 4) is 5.75 Å². The highest BCUT2D eigenvalue weighted by Gasteiger charge is 2.29. The van der Waals surface area contributed by atoms with Crippen molar-refractivity contribution in [2.45, 2.75) is 30.1 Å². The summed E-state index contributed by atoms with van der Waals surface area (Å²) in [5, 5.41) is 2.80. The van der Waals surface area contributed by atoms with Gasteiger partial charge in [-0.15, -0.1) is 11.8 Å². The van der Waals surface area contributed by atoms with Gasteiger partial charge in [0.2, 0.25) is 5.91 Å². The van der Waals surface area contributed by atoms with Crippen molar-refractivity contribution >= 4 is 40.9 Å². The van der Waals surface area contributed by atoms with Crippen molar-refractivity contribution in [3.05, 3.63) is 52.5 Å². The summed E-state index contributed by atoms with van der Waals surface area (Å²) in [5.41, 5.74) is 2.51. The number of thioether (sulfide) groups is 1. The van der Waals surface area contributed by atoms with Gasteiger partial charge in [0.25, 0.3) is 0 Å². The lowest BCUT2D eigenvalue weighted by atomic mass is 10.1.